The molecule has 2 rings (SSSR count). The zero-order valence-corrected chi connectivity index (χ0v) is 12.8. The molecule has 3 heteroatoms. The number of amides is 1. The molecular weight excluding hydrogens is 224 g/mol. The highest BCUT2D eigenvalue weighted by Crippen LogP contribution is 2.50. The van der Waals surface area contributed by atoms with Gasteiger partial charge in [0.15, 0.2) is 0 Å². The van der Waals surface area contributed by atoms with Crippen molar-refractivity contribution in [3.63, 3.8) is 0 Å². The SMILES string of the molecule is CC(C)(C)C(=O)NC1CC2(C1)CN(C(C)(C)C)C2. The largest absolute Gasteiger partial charge is 0.353 e. The van der Waals surface area contributed by atoms with Crippen molar-refractivity contribution in [2.75, 3.05) is 13.1 Å². The molecule has 0 unspecified atom stereocenters. The third-order valence-corrected chi connectivity index (χ3v) is 4.38. The van der Waals surface area contributed by atoms with Crippen molar-refractivity contribution in [3.05, 3.63) is 0 Å². The third-order valence-electron chi connectivity index (χ3n) is 4.38. The molecular formula is C15H28N2O. The fraction of sp³-hybridized carbons (Fsp3) is 0.933. The number of carbonyl (C=O) groups is 1. The maximum atomic E-state index is 11.9. The number of hydrogen-bond donors (Lipinski definition) is 1. The summed E-state index contributed by atoms with van der Waals surface area (Å²) in [5, 5.41) is 3.18. The molecule has 1 aliphatic heterocycles. The van der Waals surface area contributed by atoms with Crippen molar-refractivity contribution >= 4 is 5.91 Å². The lowest BCUT2D eigenvalue weighted by Crippen LogP contribution is -2.70. The summed E-state index contributed by atoms with van der Waals surface area (Å²) in [4.78, 5) is 14.4. The summed E-state index contributed by atoms with van der Waals surface area (Å²) in [6.45, 7) is 15.2. The van der Waals surface area contributed by atoms with Gasteiger partial charge in [-0.05, 0) is 39.0 Å². The van der Waals surface area contributed by atoms with Crippen LogP contribution in [0.2, 0.25) is 0 Å². The molecule has 0 aromatic rings. The van der Waals surface area contributed by atoms with Gasteiger partial charge in [-0.25, -0.2) is 0 Å². The van der Waals surface area contributed by atoms with Crippen molar-refractivity contribution in [3.8, 4) is 0 Å². The summed E-state index contributed by atoms with van der Waals surface area (Å²) < 4.78 is 0. The van der Waals surface area contributed by atoms with Crippen LogP contribution < -0.4 is 5.32 Å². The average molecular weight is 252 g/mol. The molecule has 0 aromatic carbocycles. The third kappa shape index (κ3) is 2.56. The molecule has 0 bridgehead atoms. The van der Waals surface area contributed by atoms with E-state index in [0.717, 1.165) is 0 Å². The molecule has 1 saturated carbocycles. The van der Waals surface area contributed by atoms with Crippen molar-refractivity contribution in [2.45, 2.75) is 66.0 Å². The first-order valence-corrected chi connectivity index (χ1v) is 7.08. The first-order valence-electron chi connectivity index (χ1n) is 7.08. The molecule has 2 fully saturated rings. The Balaban J connectivity index is 1.75. The number of likely N-dealkylation sites (tertiary alicyclic amines) is 1. The number of carbonyl (C=O) groups excluding carboxylic acids is 1. The molecule has 1 amide bonds. The van der Waals surface area contributed by atoms with E-state index in [9.17, 15) is 4.79 Å². The number of nitrogens with zero attached hydrogens (tertiary/aromatic N) is 1. The summed E-state index contributed by atoms with van der Waals surface area (Å²) in [5.74, 6) is 0.189. The van der Waals surface area contributed by atoms with Crippen molar-refractivity contribution in [1.82, 2.24) is 10.2 Å². The van der Waals surface area contributed by atoms with E-state index in [4.69, 9.17) is 0 Å². The predicted molar refractivity (Wildman–Crippen MR) is 74.4 cm³/mol. The molecule has 0 aromatic heterocycles. The summed E-state index contributed by atoms with van der Waals surface area (Å²) in [6, 6.07) is 0.416. The zero-order chi connectivity index (χ0) is 13.8. The minimum absolute atomic E-state index is 0.189. The van der Waals surface area contributed by atoms with Gasteiger partial charge in [0.25, 0.3) is 0 Å². The van der Waals surface area contributed by atoms with Gasteiger partial charge in [0.2, 0.25) is 5.91 Å². The number of rotatable bonds is 1. The topological polar surface area (TPSA) is 32.3 Å². The average Bonchev–Trinajstić information content (AvgIpc) is 2.01. The molecule has 1 spiro atoms. The number of hydrogen-bond acceptors (Lipinski definition) is 2. The van der Waals surface area contributed by atoms with E-state index < -0.39 is 0 Å². The highest BCUT2D eigenvalue weighted by Gasteiger charge is 2.54. The van der Waals surface area contributed by atoms with Gasteiger partial charge in [0.1, 0.15) is 0 Å². The molecule has 1 aliphatic carbocycles. The van der Waals surface area contributed by atoms with Gasteiger partial charge in [-0.1, -0.05) is 20.8 Å². The smallest absolute Gasteiger partial charge is 0.225 e. The second-order valence-corrected chi connectivity index (χ2v) is 8.36. The molecule has 0 radical (unpaired) electrons. The van der Waals surface area contributed by atoms with E-state index in [1.807, 2.05) is 20.8 Å². The lowest BCUT2D eigenvalue weighted by Gasteiger charge is -2.62. The Morgan fingerprint density at radius 2 is 1.61 bits per heavy atom. The van der Waals surface area contributed by atoms with Crippen LogP contribution in [0, 0.1) is 10.8 Å². The first-order chi connectivity index (χ1) is 8.02. The van der Waals surface area contributed by atoms with E-state index in [2.05, 4.69) is 31.0 Å². The van der Waals surface area contributed by atoms with Crippen LogP contribution in [-0.2, 0) is 4.79 Å². The highest BCUT2D eigenvalue weighted by molar-refractivity contribution is 5.81. The van der Waals surface area contributed by atoms with Crippen LogP contribution in [0.4, 0.5) is 0 Å². The normalized spacial score (nSPS) is 24.6. The van der Waals surface area contributed by atoms with Crippen molar-refractivity contribution in [2.24, 2.45) is 10.8 Å². The molecule has 104 valence electrons. The molecule has 18 heavy (non-hydrogen) atoms. The highest BCUT2D eigenvalue weighted by atomic mass is 16.2. The van der Waals surface area contributed by atoms with Crippen LogP contribution in [0.3, 0.4) is 0 Å². The van der Waals surface area contributed by atoms with Crippen LogP contribution in [0.5, 0.6) is 0 Å². The van der Waals surface area contributed by atoms with Crippen LogP contribution in [0.1, 0.15) is 54.4 Å². The summed E-state index contributed by atoms with van der Waals surface area (Å²) in [6.07, 6.45) is 2.34. The van der Waals surface area contributed by atoms with Gasteiger partial charge < -0.3 is 5.32 Å². The molecule has 1 saturated heterocycles. The summed E-state index contributed by atoms with van der Waals surface area (Å²) in [7, 11) is 0. The summed E-state index contributed by atoms with van der Waals surface area (Å²) >= 11 is 0. The minimum atomic E-state index is -0.264. The van der Waals surface area contributed by atoms with Crippen LogP contribution >= 0.6 is 0 Å². The van der Waals surface area contributed by atoms with Gasteiger partial charge >= 0.3 is 0 Å². The fourth-order valence-electron chi connectivity index (χ4n) is 2.99. The molecule has 1 heterocycles. The minimum Gasteiger partial charge on any atom is -0.353 e. The quantitative estimate of drug-likeness (QED) is 0.777. The first kappa shape index (κ1) is 13.9. The van der Waals surface area contributed by atoms with Gasteiger partial charge in [0.05, 0.1) is 0 Å². The number of nitrogens with one attached hydrogen (secondary N) is 1. The van der Waals surface area contributed by atoms with Crippen LogP contribution in [0.15, 0.2) is 0 Å². The van der Waals surface area contributed by atoms with Crippen LogP contribution in [0.25, 0.3) is 0 Å². The maximum absolute atomic E-state index is 11.9. The second kappa shape index (κ2) is 3.96. The van der Waals surface area contributed by atoms with Crippen LogP contribution in [-0.4, -0.2) is 35.5 Å². The van der Waals surface area contributed by atoms with Gasteiger partial charge in [-0.2, -0.15) is 0 Å². The molecule has 1 N–H and O–H groups in total. The Kier molecular flexibility index (Phi) is 3.05. The Morgan fingerprint density at radius 1 is 1.11 bits per heavy atom. The van der Waals surface area contributed by atoms with Gasteiger partial charge in [0, 0.05) is 30.1 Å². The maximum Gasteiger partial charge on any atom is 0.225 e. The Morgan fingerprint density at radius 3 is 2.00 bits per heavy atom. The molecule has 3 nitrogen and oxygen atoms in total. The monoisotopic (exact) mass is 252 g/mol. The van der Waals surface area contributed by atoms with E-state index >= 15 is 0 Å². The zero-order valence-electron chi connectivity index (χ0n) is 12.8. The Bertz CT molecular complexity index is 334. The lowest BCUT2D eigenvalue weighted by atomic mass is 9.59. The fourth-order valence-corrected chi connectivity index (χ4v) is 2.99. The standard InChI is InChI=1S/C15H28N2O/c1-13(2,3)12(18)16-11-7-15(8-11)9-17(10-15)14(4,5)6/h11H,7-10H2,1-6H3,(H,16,18). The molecule has 0 atom stereocenters. The molecule has 2 aliphatic rings. The van der Waals surface area contributed by atoms with Crippen molar-refractivity contribution < 1.29 is 4.79 Å². The van der Waals surface area contributed by atoms with E-state index in [1.165, 1.54) is 25.9 Å². The van der Waals surface area contributed by atoms with E-state index in [-0.39, 0.29) is 11.3 Å². The van der Waals surface area contributed by atoms with E-state index in [1.54, 1.807) is 0 Å². The Labute approximate surface area is 111 Å². The summed E-state index contributed by atoms with van der Waals surface area (Å²) in [5.41, 5.74) is 0.550. The second-order valence-electron chi connectivity index (χ2n) is 8.36. The lowest BCUT2D eigenvalue weighted by molar-refractivity contribution is -0.139. The van der Waals surface area contributed by atoms with E-state index in [0.29, 0.717) is 17.0 Å². The Hall–Kier alpha value is -0.570. The predicted octanol–water partition coefficient (Wildman–Crippen LogP) is 2.41. The van der Waals surface area contributed by atoms with Crippen molar-refractivity contribution in [1.29, 1.82) is 0 Å². The van der Waals surface area contributed by atoms with Gasteiger partial charge in [-0.15, -0.1) is 0 Å². The van der Waals surface area contributed by atoms with Gasteiger partial charge in [-0.3, -0.25) is 9.69 Å².